The largest absolute Gasteiger partial charge is 0.316 e. The molecule has 0 aliphatic heterocycles. The number of nitrogens with zero attached hydrogens (tertiary/aromatic N) is 3. The fourth-order valence-corrected chi connectivity index (χ4v) is 4.18. The Hall–Kier alpha value is -2.21. The van der Waals surface area contributed by atoms with Crippen LogP contribution in [0, 0.1) is 13.8 Å². The molecule has 2 aromatic heterocycles. The predicted molar refractivity (Wildman–Crippen MR) is 114 cm³/mol. The number of rotatable bonds is 4. The van der Waals surface area contributed by atoms with Gasteiger partial charge in [0.2, 0.25) is 0 Å². The molecule has 27 heavy (non-hydrogen) atoms. The SMILES string of the molecule is Cc1nc(C)c(Cc2ccc(Cl)cc2)c(Nc2nc3ccc(Cl)cc3s2)n1. The minimum atomic E-state index is 0.704. The second kappa shape index (κ2) is 7.43. The van der Waals surface area contributed by atoms with Crippen LogP contribution in [0.5, 0.6) is 0 Å². The quantitative estimate of drug-likeness (QED) is 0.422. The highest BCUT2D eigenvalue weighted by Crippen LogP contribution is 2.31. The Morgan fingerprint density at radius 1 is 0.926 bits per heavy atom. The molecule has 2 aromatic carbocycles. The van der Waals surface area contributed by atoms with Gasteiger partial charge in [-0.05, 0) is 49.7 Å². The first kappa shape index (κ1) is 18.2. The molecule has 0 atom stereocenters. The highest BCUT2D eigenvalue weighted by molar-refractivity contribution is 7.22. The number of hydrogen-bond acceptors (Lipinski definition) is 5. The van der Waals surface area contributed by atoms with Crippen molar-refractivity contribution >= 4 is 55.7 Å². The number of nitrogens with one attached hydrogen (secondary N) is 1. The van der Waals surface area contributed by atoms with E-state index in [0.717, 1.165) is 48.8 Å². The molecule has 7 heteroatoms. The molecule has 0 saturated heterocycles. The van der Waals surface area contributed by atoms with Crippen LogP contribution in [0.1, 0.15) is 22.6 Å². The zero-order valence-electron chi connectivity index (χ0n) is 14.8. The van der Waals surface area contributed by atoms with Crippen LogP contribution in [0.25, 0.3) is 10.2 Å². The van der Waals surface area contributed by atoms with Gasteiger partial charge in [0, 0.05) is 27.7 Å². The average molecular weight is 415 g/mol. The third-order valence-corrected chi connectivity index (χ3v) is 5.62. The van der Waals surface area contributed by atoms with Gasteiger partial charge in [0.1, 0.15) is 11.6 Å². The maximum atomic E-state index is 6.08. The summed E-state index contributed by atoms with van der Waals surface area (Å²) < 4.78 is 1.03. The monoisotopic (exact) mass is 414 g/mol. The molecule has 0 bridgehead atoms. The van der Waals surface area contributed by atoms with Crippen LogP contribution in [-0.2, 0) is 6.42 Å². The first-order valence-electron chi connectivity index (χ1n) is 8.39. The summed E-state index contributed by atoms with van der Waals surface area (Å²) in [5.74, 6) is 1.50. The second-order valence-electron chi connectivity index (χ2n) is 6.24. The van der Waals surface area contributed by atoms with Gasteiger partial charge >= 0.3 is 0 Å². The lowest BCUT2D eigenvalue weighted by molar-refractivity contribution is 0.965. The summed E-state index contributed by atoms with van der Waals surface area (Å²) in [6.45, 7) is 3.89. The van der Waals surface area contributed by atoms with Gasteiger partial charge in [0.05, 0.1) is 10.2 Å². The fraction of sp³-hybridized carbons (Fsp3) is 0.150. The lowest BCUT2D eigenvalue weighted by Crippen LogP contribution is -2.06. The Kier molecular flexibility index (Phi) is 5.00. The van der Waals surface area contributed by atoms with Crippen molar-refractivity contribution in [3.05, 3.63) is 75.2 Å². The summed E-state index contributed by atoms with van der Waals surface area (Å²) in [6, 6.07) is 13.5. The number of aryl methyl sites for hydroxylation is 2. The van der Waals surface area contributed by atoms with Gasteiger partial charge in [-0.2, -0.15) is 0 Å². The molecule has 0 amide bonds. The molecule has 136 valence electrons. The van der Waals surface area contributed by atoms with E-state index < -0.39 is 0 Å². The van der Waals surface area contributed by atoms with Crippen LogP contribution >= 0.6 is 34.5 Å². The zero-order chi connectivity index (χ0) is 19.0. The van der Waals surface area contributed by atoms with E-state index >= 15 is 0 Å². The number of anilines is 2. The van der Waals surface area contributed by atoms with Crippen molar-refractivity contribution in [1.29, 1.82) is 0 Å². The summed E-state index contributed by atoms with van der Waals surface area (Å²) in [5.41, 5.74) is 4.05. The molecular formula is C20H16Cl2N4S. The zero-order valence-corrected chi connectivity index (χ0v) is 17.1. The number of thiazole rings is 1. The second-order valence-corrected chi connectivity index (χ2v) is 8.15. The highest BCUT2D eigenvalue weighted by atomic mass is 35.5. The van der Waals surface area contributed by atoms with Gasteiger partial charge < -0.3 is 5.32 Å². The first-order chi connectivity index (χ1) is 13.0. The Balaban J connectivity index is 1.71. The average Bonchev–Trinajstić information content (AvgIpc) is 3.01. The van der Waals surface area contributed by atoms with Crippen molar-refractivity contribution in [2.24, 2.45) is 0 Å². The number of hydrogen-bond donors (Lipinski definition) is 1. The van der Waals surface area contributed by atoms with Crippen molar-refractivity contribution < 1.29 is 0 Å². The minimum absolute atomic E-state index is 0.704. The van der Waals surface area contributed by atoms with Gasteiger partial charge in [-0.25, -0.2) is 15.0 Å². The molecule has 2 heterocycles. The summed E-state index contributed by atoms with van der Waals surface area (Å²) in [5, 5.41) is 5.59. The number of fused-ring (bicyclic) bond motifs is 1. The fourth-order valence-electron chi connectivity index (χ4n) is 2.91. The Labute approximate surface area is 171 Å². The van der Waals surface area contributed by atoms with Crippen LogP contribution in [0.2, 0.25) is 10.0 Å². The molecular weight excluding hydrogens is 399 g/mol. The molecule has 0 fully saturated rings. The van der Waals surface area contributed by atoms with Crippen LogP contribution < -0.4 is 5.32 Å². The van der Waals surface area contributed by atoms with E-state index in [9.17, 15) is 0 Å². The van der Waals surface area contributed by atoms with Gasteiger partial charge in [-0.15, -0.1) is 0 Å². The van der Waals surface area contributed by atoms with Gasteiger partial charge in [0.15, 0.2) is 5.13 Å². The van der Waals surface area contributed by atoms with E-state index in [-0.39, 0.29) is 0 Å². The smallest absolute Gasteiger partial charge is 0.189 e. The van der Waals surface area contributed by atoms with E-state index in [2.05, 4.69) is 20.3 Å². The van der Waals surface area contributed by atoms with E-state index in [4.69, 9.17) is 23.2 Å². The molecule has 4 rings (SSSR count). The summed E-state index contributed by atoms with van der Waals surface area (Å²) >= 11 is 13.6. The van der Waals surface area contributed by atoms with Crippen LogP contribution in [0.4, 0.5) is 10.9 Å². The van der Waals surface area contributed by atoms with Gasteiger partial charge in [0.25, 0.3) is 0 Å². The molecule has 0 aliphatic carbocycles. The normalized spacial score (nSPS) is 11.1. The molecule has 0 aliphatic rings. The van der Waals surface area contributed by atoms with Crippen molar-refractivity contribution in [2.45, 2.75) is 20.3 Å². The van der Waals surface area contributed by atoms with Crippen molar-refractivity contribution in [3.63, 3.8) is 0 Å². The van der Waals surface area contributed by atoms with E-state index in [1.807, 2.05) is 56.3 Å². The number of aromatic nitrogens is 3. The minimum Gasteiger partial charge on any atom is -0.316 e. The van der Waals surface area contributed by atoms with Gasteiger partial charge in [-0.3, -0.25) is 0 Å². The standard InChI is InChI=1S/C20H16Cl2N4S/c1-11-16(9-13-3-5-14(21)6-4-13)19(24-12(2)23-11)26-20-25-17-8-7-15(22)10-18(17)27-20/h3-8,10H,9H2,1-2H3,(H,23,24,25,26). The topological polar surface area (TPSA) is 50.7 Å². The van der Waals surface area contributed by atoms with Gasteiger partial charge in [-0.1, -0.05) is 46.7 Å². The first-order valence-corrected chi connectivity index (χ1v) is 9.97. The lowest BCUT2D eigenvalue weighted by Gasteiger charge is -2.13. The van der Waals surface area contributed by atoms with Crippen molar-refractivity contribution in [3.8, 4) is 0 Å². The summed E-state index contributed by atoms with van der Waals surface area (Å²) in [6.07, 6.45) is 0.711. The predicted octanol–water partition coefficient (Wildman–Crippen LogP) is 6.34. The molecule has 0 unspecified atom stereocenters. The molecule has 0 saturated carbocycles. The molecule has 0 spiro atoms. The maximum absolute atomic E-state index is 6.08. The van der Waals surface area contributed by atoms with Crippen LogP contribution in [0.3, 0.4) is 0 Å². The Morgan fingerprint density at radius 3 is 2.44 bits per heavy atom. The van der Waals surface area contributed by atoms with Crippen LogP contribution in [-0.4, -0.2) is 15.0 Å². The summed E-state index contributed by atoms with van der Waals surface area (Å²) in [7, 11) is 0. The van der Waals surface area contributed by atoms with Crippen LogP contribution in [0.15, 0.2) is 42.5 Å². The maximum Gasteiger partial charge on any atom is 0.189 e. The Bertz CT molecular complexity index is 1120. The molecule has 4 aromatic rings. The summed E-state index contributed by atoms with van der Waals surface area (Å²) in [4.78, 5) is 13.8. The lowest BCUT2D eigenvalue weighted by atomic mass is 10.0. The number of benzene rings is 2. The molecule has 1 N–H and O–H groups in total. The van der Waals surface area contributed by atoms with E-state index in [1.54, 1.807) is 11.3 Å². The van der Waals surface area contributed by atoms with Crippen molar-refractivity contribution in [2.75, 3.05) is 5.32 Å². The van der Waals surface area contributed by atoms with Crippen molar-refractivity contribution in [1.82, 2.24) is 15.0 Å². The number of halogens is 2. The third kappa shape index (κ3) is 4.05. The van der Waals surface area contributed by atoms with E-state index in [1.165, 1.54) is 0 Å². The molecule has 4 nitrogen and oxygen atoms in total. The Morgan fingerprint density at radius 2 is 1.67 bits per heavy atom. The third-order valence-electron chi connectivity index (χ3n) is 4.20. The highest BCUT2D eigenvalue weighted by Gasteiger charge is 2.14. The molecule has 0 radical (unpaired) electrons. The van der Waals surface area contributed by atoms with E-state index in [0.29, 0.717) is 11.4 Å².